The van der Waals surface area contributed by atoms with Crippen molar-refractivity contribution < 1.29 is 45.2 Å². The topological polar surface area (TPSA) is 104 Å². The monoisotopic (exact) mass is 617 g/mol. The fourth-order valence-electron chi connectivity index (χ4n) is 1.80. The maximum atomic E-state index is 13.9. The molecule has 13 heteroatoms. The molecule has 0 aliphatic rings. The van der Waals surface area contributed by atoms with E-state index in [1.54, 1.807) is 45.2 Å². The highest BCUT2D eigenvalue weighted by atomic mass is 127. The molecule has 2 aromatic carbocycles. The summed E-state index contributed by atoms with van der Waals surface area (Å²) in [4.78, 5) is 9.74. The summed E-state index contributed by atoms with van der Waals surface area (Å²) >= 11 is 3.19. The lowest BCUT2D eigenvalue weighted by Gasteiger charge is -2.14. The van der Waals surface area contributed by atoms with Crippen molar-refractivity contribution in [3.63, 3.8) is 0 Å². The van der Waals surface area contributed by atoms with E-state index in [-0.39, 0.29) is 18.5 Å². The maximum absolute atomic E-state index is 13.9. The number of rotatable bonds is 3. The third-order valence-corrected chi connectivity index (χ3v) is 5.42. The van der Waals surface area contributed by atoms with Crippen molar-refractivity contribution >= 4 is 61.3 Å². The van der Waals surface area contributed by atoms with Gasteiger partial charge in [-0.25, -0.2) is 22.0 Å². The van der Waals surface area contributed by atoms with Crippen molar-refractivity contribution in [1.29, 1.82) is 0 Å². The van der Waals surface area contributed by atoms with Gasteiger partial charge in [0.05, 0.1) is 5.56 Å². The molecule has 140 valence electrons. The van der Waals surface area contributed by atoms with E-state index in [0.717, 1.165) is 12.1 Å². The molecule has 2 rings (SSSR count). The van der Waals surface area contributed by atoms with Crippen LogP contribution in [0.3, 0.4) is 0 Å². The van der Waals surface area contributed by atoms with Gasteiger partial charge in [0.1, 0.15) is 20.8 Å². The number of aromatic hydroxyl groups is 1. The molecule has 0 atom stereocenters. The Morgan fingerprint density at radius 2 is 1.42 bits per heavy atom. The van der Waals surface area contributed by atoms with Gasteiger partial charge in [-0.15, -0.1) is 0 Å². The maximum Gasteiger partial charge on any atom is 0.345 e. The van der Waals surface area contributed by atoms with E-state index in [2.05, 4.69) is 4.74 Å². The predicted molar refractivity (Wildman–Crippen MR) is 92.7 cm³/mol. The Hall–Kier alpha value is -1.20. The normalized spacial score (nSPS) is 11.5. The SMILES string of the molecule is O=C(Oc1c(F)c(F)c(S(=O)(=O)[O-])c(F)c1F)c1c(I)cc(O)cc1I. The lowest BCUT2D eigenvalue weighted by Crippen LogP contribution is -2.17. The van der Waals surface area contributed by atoms with E-state index in [1.807, 2.05) is 0 Å². The highest BCUT2D eigenvalue weighted by Gasteiger charge is 2.32. The minimum Gasteiger partial charge on any atom is -0.744 e. The summed E-state index contributed by atoms with van der Waals surface area (Å²) in [5, 5.41) is 9.39. The molecule has 0 heterocycles. The highest BCUT2D eigenvalue weighted by molar-refractivity contribution is 14.1. The van der Waals surface area contributed by atoms with E-state index >= 15 is 0 Å². The molecule has 0 saturated carbocycles. The van der Waals surface area contributed by atoms with E-state index in [9.17, 15) is 40.4 Å². The van der Waals surface area contributed by atoms with Crippen molar-refractivity contribution in [3.8, 4) is 11.5 Å². The fourth-order valence-corrected chi connectivity index (χ4v) is 4.59. The van der Waals surface area contributed by atoms with Crippen molar-refractivity contribution in [2.24, 2.45) is 0 Å². The number of phenolic OH excluding ortho intramolecular Hbond substituents is 1. The molecule has 0 amide bonds. The first-order chi connectivity index (χ1) is 11.9. The number of carbonyl (C=O) groups is 1. The quantitative estimate of drug-likeness (QED) is 0.142. The molecule has 0 aromatic heterocycles. The van der Waals surface area contributed by atoms with Gasteiger partial charge in [0.25, 0.3) is 0 Å². The van der Waals surface area contributed by atoms with Gasteiger partial charge in [0, 0.05) is 7.14 Å². The molecule has 0 unspecified atom stereocenters. The predicted octanol–water partition coefficient (Wildman–Crippen LogP) is 3.28. The number of carbonyl (C=O) groups excluding carboxylic acids is 1. The van der Waals surface area contributed by atoms with Gasteiger partial charge in [0.15, 0.2) is 11.6 Å². The minimum atomic E-state index is -5.88. The molecule has 0 fully saturated rings. The first-order valence-corrected chi connectivity index (χ1v) is 9.64. The number of phenols is 1. The van der Waals surface area contributed by atoms with Crippen molar-refractivity contribution in [2.75, 3.05) is 0 Å². The summed E-state index contributed by atoms with van der Waals surface area (Å²) in [6, 6.07) is 2.22. The molecular weight excluding hydrogens is 614 g/mol. The van der Waals surface area contributed by atoms with Crippen LogP contribution in [0.2, 0.25) is 0 Å². The van der Waals surface area contributed by atoms with Crippen LogP contribution in [-0.2, 0) is 10.1 Å². The second-order valence-corrected chi connectivity index (χ2v) is 8.18. The molecule has 0 spiro atoms. The van der Waals surface area contributed by atoms with Gasteiger partial charge >= 0.3 is 5.97 Å². The number of ether oxygens (including phenoxy) is 1. The summed E-state index contributed by atoms with van der Waals surface area (Å²) in [5.41, 5.74) is -0.274. The first-order valence-electron chi connectivity index (χ1n) is 6.08. The van der Waals surface area contributed by atoms with E-state index < -0.39 is 50.0 Å². The van der Waals surface area contributed by atoms with E-state index in [1.165, 1.54) is 0 Å². The fraction of sp³-hybridized carbons (Fsp3) is 0. The van der Waals surface area contributed by atoms with Gasteiger partial charge in [0.2, 0.25) is 17.4 Å². The molecule has 0 bridgehead atoms. The molecule has 1 N–H and O–H groups in total. The second-order valence-electron chi connectivity index (χ2n) is 4.54. The van der Waals surface area contributed by atoms with Crippen LogP contribution in [0.4, 0.5) is 17.6 Å². The second kappa shape index (κ2) is 7.43. The van der Waals surface area contributed by atoms with Gasteiger partial charge in [-0.1, -0.05) is 0 Å². The Labute approximate surface area is 170 Å². The van der Waals surface area contributed by atoms with Gasteiger partial charge in [-0.05, 0) is 57.3 Å². The summed E-state index contributed by atoms with van der Waals surface area (Å²) in [5.74, 6) is -13.3. The molecule has 0 aliphatic heterocycles. The molecule has 0 radical (unpaired) electrons. The zero-order valence-corrected chi connectivity index (χ0v) is 17.0. The van der Waals surface area contributed by atoms with Crippen molar-refractivity contribution in [2.45, 2.75) is 4.90 Å². The van der Waals surface area contributed by atoms with Crippen LogP contribution in [0.1, 0.15) is 10.4 Å². The van der Waals surface area contributed by atoms with Crippen LogP contribution in [0.15, 0.2) is 17.0 Å². The third-order valence-electron chi connectivity index (χ3n) is 2.86. The summed E-state index contributed by atoms with van der Waals surface area (Å²) in [7, 11) is -5.88. The number of hydrogen-bond donors (Lipinski definition) is 1. The molecule has 0 saturated heterocycles. The largest absolute Gasteiger partial charge is 0.744 e. The molecule has 26 heavy (non-hydrogen) atoms. The van der Waals surface area contributed by atoms with Crippen LogP contribution >= 0.6 is 45.2 Å². The van der Waals surface area contributed by atoms with Gasteiger partial charge in [-0.2, -0.15) is 8.78 Å². The molecule has 2 aromatic rings. The number of benzene rings is 2. The van der Waals surface area contributed by atoms with Gasteiger partial charge < -0.3 is 14.4 Å². The highest BCUT2D eigenvalue weighted by Crippen LogP contribution is 2.34. The van der Waals surface area contributed by atoms with E-state index in [4.69, 9.17) is 0 Å². The van der Waals surface area contributed by atoms with Crippen molar-refractivity contribution in [3.05, 3.63) is 48.1 Å². The van der Waals surface area contributed by atoms with Crippen LogP contribution in [0.25, 0.3) is 0 Å². The molecule has 0 aliphatic carbocycles. The smallest absolute Gasteiger partial charge is 0.345 e. The zero-order valence-electron chi connectivity index (χ0n) is 11.8. The molecular formula is C13H3F4I2O6S-. The van der Waals surface area contributed by atoms with Gasteiger partial charge in [-0.3, -0.25) is 0 Å². The summed E-state index contributed by atoms with van der Waals surface area (Å²) in [6.45, 7) is 0. The first kappa shape index (κ1) is 21.1. The minimum absolute atomic E-state index is 0.0949. The summed E-state index contributed by atoms with van der Waals surface area (Å²) in [6.07, 6.45) is 0. The standard InChI is InChI=1S/C13H4F4I2O6S/c14-7-9(16)12(26(22,23)24)10(17)8(15)11(7)25-13(21)6-4(18)1-3(20)2-5(6)19/h1-2,20H,(H,22,23,24)/p-1. The Bertz CT molecular complexity index is 989. The number of esters is 1. The third kappa shape index (κ3) is 3.89. The van der Waals surface area contributed by atoms with Crippen LogP contribution in [-0.4, -0.2) is 24.0 Å². The Morgan fingerprint density at radius 1 is 1.00 bits per heavy atom. The average molecular weight is 617 g/mol. The zero-order chi connectivity index (χ0) is 20.0. The number of hydrogen-bond acceptors (Lipinski definition) is 6. The summed E-state index contributed by atoms with van der Waals surface area (Å²) < 4.78 is 91.9. The Kier molecular flexibility index (Phi) is 6.03. The Balaban J connectivity index is 2.60. The Morgan fingerprint density at radius 3 is 1.81 bits per heavy atom. The average Bonchev–Trinajstić information content (AvgIpc) is 2.47. The lowest BCUT2D eigenvalue weighted by molar-refractivity contribution is 0.0714. The van der Waals surface area contributed by atoms with E-state index in [0.29, 0.717) is 0 Å². The van der Waals surface area contributed by atoms with Crippen LogP contribution in [0, 0.1) is 30.4 Å². The lowest BCUT2D eigenvalue weighted by atomic mass is 10.2. The number of halogens is 6. The molecule has 6 nitrogen and oxygen atoms in total. The van der Waals surface area contributed by atoms with Crippen LogP contribution in [0.5, 0.6) is 11.5 Å². The van der Waals surface area contributed by atoms with Crippen LogP contribution < -0.4 is 4.74 Å². The van der Waals surface area contributed by atoms with Crippen molar-refractivity contribution in [1.82, 2.24) is 0 Å².